The highest BCUT2D eigenvalue weighted by atomic mass is 35.5. The van der Waals surface area contributed by atoms with Crippen molar-refractivity contribution in [2.45, 2.75) is 42.4 Å². The van der Waals surface area contributed by atoms with E-state index in [2.05, 4.69) is 0 Å². The van der Waals surface area contributed by atoms with Crippen molar-refractivity contribution in [1.29, 1.82) is 0 Å². The predicted molar refractivity (Wildman–Crippen MR) is 129 cm³/mol. The molecule has 174 valence electrons. The molecule has 1 aliphatic carbocycles. The second kappa shape index (κ2) is 9.03. The molecular weight excluding hydrogens is 460 g/mol. The maximum Gasteiger partial charge on any atom is 0.327 e. The van der Waals surface area contributed by atoms with Gasteiger partial charge < -0.3 is 10.0 Å². The van der Waals surface area contributed by atoms with Gasteiger partial charge in [-0.25, -0.2) is 4.79 Å². The summed E-state index contributed by atoms with van der Waals surface area (Å²) in [5, 5.41) is 10.6. The number of halogens is 1. The summed E-state index contributed by atoms with van der Waals surface area (Å²) in [6, 6.07) is 15.3. The molecule has 3 atom stereocenters. The minimum Gasteiger partial charge on any atom is -0.481 e. The first-order valence-corrected chi connectivity index (χ1v) is 12.2. The fraction of sp³-hybridized carbons (Fsp3) is 0.400. The molecule has 1 saturated heterocycles. The van der Waals surface area contributed by atoms with Crippen molar-refractivity contribution in [1.82, 2.24) is 9.80 Å². The van der Waals surface area contributed by atoms with Crippen molar-refractivity contribution in [3.05, 3.63) is 53.6 Å². The number of nitrogens with zero attached hydrogens (tertiary/aromatic N) is 2. The number of carboxylic acids is 1. The SMILES string of the molecule is CN1C(=O)N(C[C@@H]2CC[C@H](Sc3ccc(-c4ccc(Cl)cc4)cc3)[C@H]2C(=O)O)C(=O)C1(C)C. The number of hydrogen-bond donors (Lipinski definition) is 1. The molecule has 2 fully saturated rings. The molecule has 2 aromatic rings. The summed E-state index contributed by atoms with van der Waals surface area (Å²) < 4.78 is 0. The molecule has 1 heterocycles. The van der Waals surface area contributed by atoms with Gasteiger partial charge in [0.25, 0.3) is 5.91 Å². The minimum atomic E-state index is -0.908. The molecule has 6 nitrogen and oxygen atoms in total. The van der Waals surface area contributed by atoms with Crippen molar-refractivity contribution in [2.75, 3.05) is 13.6 Å². The molecule has 8 heteroatoms. The van der Waals surface area contributed by atoms with E-state index in [9.17, 15) is 19.5 Å². The third-order valence-electron chi connectivity index (χ3n) is 6.88. The Morgan fingerprint density at radius 2 is 1.64 bits per heavy atom. The summed E-state index contributed by atoms with van der Waals surface area (Å²) in [5.74, 6) is -2.03. The van der Waals surface area contributed by atoms with Crippen LogP contribution in [0.5, 0.6) is 0 Å². The van der Waals surface area contributed by atoms with E-state index in [1.807, 2.05) is 48.5 Å². The van der Waals surface area contributed by atoms with Gasteiger partial charge in [0.15, 0.2) is 0 Å². The van der Waals surface area contributed by atoms with E-state index in [0.717, 1.165) is 22.4 Å². The van der Waals surface area contributed by atoms with Crippen molar-refractivity contribution < 1.29 is 19.5 Å². The number of carbonyl (C=O) groups excluding carboxylic acids is 2. The van der Waals surface area contributed by atoms with Gasteiger partial charge in [-0.3, -0.25) is 14.5 Å². The number of thioether (sulfide) groups is 1. The largest absolute Gasteiger partial charge is 0.481 e. The van der Waals surface area contributed by atoms with Crippen LogP contribution < -0.4 is 0 Å². The first-order valence-electron chi connectivity index (χ1n) is 10.9. The Bertz CT molecular complexity index is 1070. The molecule has 1 aliphatic heterocycles. The number of imide groups is 1. The first kappa shape index (κ1) is 23.6. The molecule has 0 radical (unpaired) electrons. The number of benzene rings is 2. The zero-order valence-electron chi connectivity index (χ0n) is 18.8. The van der Waals surface area contributed by atoms with Crippen LogP contribution in [0.25, 0.3) is 11.1 Å². The van der Waals surface area contributed by atoms with Gasteiger partial charge >= 0.3 is 12.0 Å². The Balaban J connectivity index is 1.46. The lowest BCUT2D eigenvalue weighted by Crippen LogP contribution is -2.42. The van der Waals surface area contributed by atoms with Gasteiger partial charge in [0.2, 0.25) is 0 Å². The van der Waals surface area contributed by atoms with Crippen LogP contribution in [0.3, 0.4) is 0 Å². The van der Waals surface area contributed by atoms with E-state index in [4.69, 9.17) is 11.6 Å². The van der Waals surface area contributed by atoms with E-state index >= 15 is 0 Å². The predicted octanol–water partition coefficient (Wildman–Crippen LogP) is 5.25. The second-order valence-electron chi connectivity index (χ2n) is 9.21. The Morgan fingerprint density at radius 3 is 2.15 bits per heavy atom. The van der Waals surface area contributed by atoms with Crippen LogP contribution in [0, 0.1) is 11.8 Å². The van der Waals surface area contributed by atoms with Crippen molar-refractivity contribution in [3.8, 4) is 11.1 Å². The van der Waals surface area contributed by atoms with Crippen LogP contribution in [0.2, 0.25) is 5.02 Å². The lowest BCUT2D eigenvalue weighted by molar-refractivity contribution is -0.143. The first-order chi connectivity index (χ1) is 15.6. The second-order valence-corrected chi connectivity index (χ2v) is 11.0. The quantitative estimate of drug-likeness (QED) is 0.564. The molecule has 0 bridgehead atoms. The number of carboxylic acid groups (broad SMARTS) is 1. The third kappa shape index (κ3) is 4.49. The molecule has 0 spiro atoms. The van der Waals surface area contributed by atoms with Crippen LogP contribution >= 0.6 is 23.4 Å². The number of aliphatic carboxylic acids is 1. The maximum atomic E-state index is 12.8. The lowest BCUT2D eigenvalue weighted by Gasteiger charge is -2.24. The van der Waals surface area contributed by atoms with Crippen LogP contribution in [0.15, 0.2) is 53.4 Å². The zero-order valence-corrected chi connectivity index (χ0v) is 20.4. The lowest BCUT2D eigenvalue weighted by atomic mass is 9.95. The molecule has 0 aromatic heterocycles. The number of likely N-dealkylation sites (N-methyl/N-ethyl adjacent to an activating group) is 1. The Kier molecular flexibility index (Phi) is 6.47. The van der Waals surface area contributed by atoms with E-state index < -0.39 is 17.4 Å². The summed E-state index contributed by atoms with van der Waals surface area (Å²) in [4.78, 5) is 41.2. The number of hydrogen-bond acceptors (Lipinski definition) is 4. The number of rotatable bonds is 6. The van der Waals surface area contributed by atoms with Crippen LogP contribution in [-0.2, 0) is 9.59 Å². The molecule has 33 heavy (non-hydrogen) atoms. The van der Waals surface area contributed by atoms with Gasteiger partial charge in [-0.15, -0.1) is 11.8 Å². The highest BCUT2D eigenvalue weighted by Gasteiger charge is 2.51. The average molecular weight is 487 g/mol. The summed E-state index contributed by atoms with van der Waals surface area (Å²) >= 11 is 7.52. The minimum absolute atomic E-state index is 0.118. The average Bonchev–Trinajstić information content (AvgIpc) is 3.24. The monoisotopic (exact) mass is 486 g/mol. The summed E-state index contributed by atoms with van der Waals surface area (Å²) in [6.07, 6.45) is 1.39. The van der Waals surface area contributed by atoms with E-state index in [1.54, 1.807) is 32.7 Å². The van der Waals surface area contributed by atoms with Crippen LogP contribution in [-0.4, -0.2) is 57.2 Å². The smallest absolute Gasteiger partial charge is 0.327 e. The number of amides is 3. The fourth-order valence-electron chi connectivity index (χ4n) is 4.66. The molecule has 0 unspecified atom stereocenters. The zero-order chi connectivity index (χ0) is 23.9. The number of urea groups is 1. The van der Waals surface area contributed by atoms with Crippen LogP contribution in [0.1, 0.15) is 26.7 Å². The van der Waals surface area contributed by atoms with Gasteiger partial charge in [-0.2, -0.15) is 0 Å². The van der Waals surface area contributed by atoms with E-state index in [0.29, 0.717) is 11.4 Å². The van der Waals surface area contributed by atoms with Gasteiger partial charge in [0.1, 0.15) is 5.54 Å². The highest BCUT2D eigenvalue weighted by molar-refractivity contribution is 8.00. The van der Waals surface area contributed by atoms with Crippen molar-refractivity contribution >= 4 is 41.3 Å². The summed E-state index contributed by atoms with van der Waals surface area (Å²) in [5.41, 5.74) is 1.22. The van der Waals surface area contributed by atoms with Gasteiger partial charge in [0.05, 0.1) is 5.92 Å². The molecule has 1 saturated carbocycles. The fourth-order valence-corrected chi connectivity index (χ4v) is 6.17. The molecule has 1 N–H and O–H groups in total. The van der Waals surface area contributed by atoms with Crippen molar-refractivity contribution in [2.24, 2.45) is 11.8 Å². The standard InChI is InChI=1S/C25H27ClN2O4S/c1-25(2)23(31)28(24(32)27(25)3)14-17-8-13-20(21(17)22(29)30)33-19-11-6-16(7-12-19)15-4-9-18(26)10-5-15/h4-7,9-12,17,20-21H,8,13-14H2,1-3H3,(H,29,30)/t17-,20-,21-/m0/s1. The highest BCUT2D eigenvalue weighted by Crippen LogP contribution is 2.44. The topological polar surface area (TPSA) is 77.9 Å². The molecule has 4 rings (SSSR count). The van der Waals surface area contributed by atoms with Crippen LogP contribution in [0.4, 0.5) is 4.79 Å². The van der Waals surface area contributed by atoms with Gasteiger partial charge in [-0.05, 0) is 68.0 Å². The third-order valence-corrected chi connectivity index (χ3v) is 8.50. The molecular formula is C25H27ClN2O4S. The Morgan fingerprint density at radius 1 is 1.06 bits per heavy atom. The molecule has 2 aromatic carbocycles. The van der Waals surface area contributed by atoms with E-state index in [1.165, 1.54) is 9.80 Å². The Labute approximate surface area is 202 Å². The maximum absolute atomic E-state index is 12.8. The molecule has 3 amide bonds. The van der Waals surface area contributed by atoms with Gasteiger partial charge in [0, 0.05) is 28.8 Å². The molecule has 2 aliphatic rings. The Hall–Kier alpha value is -2.51. The number of carbonyl (C=O) groups is 3. The summed E-state index contributed by atoms with van der Waals surface area (Å²) in [6.45, 7) is 3.57. The summed E-state index contributed by atoms with van der Waals surface area (Å²) in [7, 11) is 1.61. The normalized spacial score (nSPS) is 24.5. The van der Waals surface area contributed by atoms with E-state index in [-0.39, 0.29) is 29.7 Å². The van der Waals surface area contributed by atoms with Gasteiger partial charge in [-0.1, -0.05) is 35.9 Å². The van der Waals surface area contributed by atoms with Crippen molar-refractivity contribution in [3.63, 3.8) is 0 Å².